The Labute approximate surface area is 107 Å². The molecule has 0 aliphatic carbocycles. The molecule has 0 spiro atoms. The molecule has 4 nitrogen and oxygen atoms in total. The molecule has 0 amide bonds. The zero-order valence-corrected chi connectivity index (χ0v) is 11.3. The van der Waals surface area contributed by atoms with Gasteiger partial charge in [0.05, 0.1) is 6.61 Å². The van der Waals surface area contributed by atoms with Crippen LogP contribution in [0.15, 0.2) is 17.4 Å². The molecule has 0 saturated heterocycles. The Morgan fingerprint density at radius 3 is 2.65 bits per heavy atom. The number of methoxy groups -OCH3 is 1. The zero-order valence-electron chi connectivity index (χ0n) is 10.5. The van der Waals surface area contributed by atoms with E-state index in [0.717, 1.165) is 31.2 Å². The molecule has 96 valence electrons. The monoisotopic (exact) mass is 256 g/mol. The van der Waals surface area contributed by atoms with Crippen LogP contribution >= 0.6 is 11.8 Å². The van der Waals surface area contributed by atoms with Crippen molar-refractivity contribution in [3.63, 3.8) is 0 Å². The molecule has 0 aromatic carbocycles. The molecule has 17 heavy (non-hydrogen) atoms. The smallest absolute Gasteiger partial charge is 0.217 e. The first-order valence-electron chi connectivity index (χ1n) is 5.85. The molecule has 5 heteroatoms. The van der Waals surface area contributed by atoms with Crippen molar-refractivity contribution in [3.8, 4) is 5.88 Å². The van der Waals surface area contributed by atoms with E-state index in [1.54, 1.807) is 19.4 Å². The Morgan fingerprint density at radius 1 is 1.18 bits per heavy atom. The second kappa shape index (κ2) is 9.24. The van der Waals surface area contributed by atoms with Crippen LogP contribution in [0.3, 0.4) is 0 Å². The highest BCUT2D eigenvalue weighted by Gasteiger charge is 1.98. The molecular formula is C12H20N2O2S. The molecule has 1 rings (SSSR count). The first-order valence-corrected chi connectivity index (χ1v) is 7.08. The van der Waals surface area contributed by atoms with E-state index in [1.807, 2.05) is 6.26 Å². The average Bonchev–Trinajstić information content (AvgIpc) is 2.38. The maximum atomic E-state index is 5.56. The summed E-state index contributed by atoms with van der Waals surface area (Å²) in [7, 11) is 1.74. The van der Waals surface area contributed by atoms with Gasteiger partial charge in [0.15, 0.2) is 5.16 Å². The predicted molar refractivity (Wildman–Crippen MR) is 69.7 cm³/mol. The Kier molecular flexibility index (Phi) is 7.75. The summed E-state index contributed by atoms with van der Waals surface area (Å²) in [6, 6.07) is 1.80. The fourth-order valence-corrected chi connectivity index (χ4v) is 1.73. The quantitative estimate of drug-likeness (QED) is 0.386. The maximum Gasteiger partial charge on any atom is 0.217 e. The normalized spacial score (nSPS) is 10.5. The summed E-state index contributed by atoms with van der Waals surface area (Å²) in [6.07, 6.45) is 8.23. The van der Waals surface area contributed by atoms with Gasteiger partial charge in [0, 0.05) is 26.0 Å². The first-order chi connectivity index (χ1) is 8.36. The van der Waals surface area contributed by atoms with Crippen molar-refractivity contribution >= 4 is 11.8 Å². The standard InChI is InChI=1S/C12H20N2O2S/c1-15-9-5-3-4-6-10-16-11-7-8-13-12(14-11)17-2/h7-8H,3-6,9-10H2,1-2H3. The summed E-state index contributed by atoms with van der Waals surface area (Å²) in [4.78, 5) is 8.34. The number of hydrogen-bond acceptors (Lipinski definition) is 5. The molecule has 0 unspecified atom stereocenters. The van der Waals surface area contributed by atoms with Gasteiger partial charge in [-0.3, -0.25) is 0 Å². The minimum atomic E-state index is 0.668. The van der Waals surface area contributed by atoms with Gasteiger partial charge in [0.2, 0.25) is 5.88 Å². The van der Waals surface area contributed by atoms with Crippen LogP contribution in [0.5, 0.6) is 5.88 Å². The lowest BCUT2D eigenvalue weighted by atomic mass is 10.2. The second-order valence-electron chi connectivity index (χ2n) is 3.64. The number of unbranched alkanes of at least 4 members (excludes halogenated alkanes) is 3. The number of ether oxygens (including phenoxy) is 2. The Hall–Kier alpha value is -0.810. The fraction of sp³-hybridized carbons (Fsp3) is 0.667. The van der Waals surface area contributed by atoms with E-state index in [2.05, 4.69) is 9.97 Å². The van der Waals surface area contributed by atoms with Crippen molar-refractivity contribution in [3.05, 3.63) is 12.3 Å². The molecule has 0 fully saturated rings. The predicted octanol–water partition coefficient (Wildman–Crippen LogP) is 2.78. The van der Waals surface area contributed by atoms with E-state index in [0.29, 0.717) is 5.88 Å². The van der Waals surface area contributed by atoms with Crippen LogP contribution in [0.1, 0.15) is 25.7 Å². The zero-order chi connectivity index (χ0) is 12.3. The molecule has 1 aromatic rings. The van der Waals surface area contributed by atoms with Crippen molar-refractivity contribution in [2.45, 2.75) is 30.8 Å². The summed E-state index contributed by atoms with van der Waals surface area (Å²) >= 11 is 1.52. The summed E-state index contributed by atoms with van der Waals surface area (Å²) in [5.74, 6) is 0.668. The molecule has 0 radical (unpaired) electrons. The van der Waals surface area contributed by atoms with E-state index < -0.39 is 0 Å². The highest BCUT2D eigenvalue weighted by atomic mass is 32.2. The van der Waals surface area contributed by atoms with Gasteiger partial charge in [-0.05, 0) is 25.5 Å². The molecule has 1 heterocycles. The largest absolute Gasteiger partial charge is 0.478 e. The van der Waals surface area contributed by atoms with E-state index >= 15 is 0 Å². The molecule has 0 aliphatic heterocycles. The fourth-order valence-electron chi connectivity index (χ4n) is 1.38. The van der Waals surface area contributed by atoms with E-state index in [4.69, 9.17) is 9.47 Å². The molecule has 0 aliphatic rings. The third-order valence-corrected chi connectivity index (χ3v) is 2.85. The van der Waals surface area contributed by atoms with Gasteiger partial charge < -0.3 is 9.47 Å². The lowest BCUT2D eigenvalue weighted by Crippen LogP contribution is -2.00. The van der Waals surface area contributed by atoms with Crippen molar-refractivity contribution in [2.75, 3.05) is 26.6 Å². The number of aromatic nitrogens is 2. The molecule has 0 saturated carbocycles. The molecule has 0 N–H and O–H groups in total. The van der Waals surface area contributed by atoms with Crippen LogP contribution in [0.2, 0.25) is 0 Å². The highest BCUT2D eigenvalue weighted by Crippen LogP contribution is 2.12. The van der Waals surface area contributed by atoms with Gasteiger partial charge in [-0.1, -0.05) is 18.2 Å². The van der Waals surface area contributed by atoms with Crippen LogP contribution in [-0.4, -0.2) is 36.5 Å². The van der Waals surface area contributed by atoms with Crippen LogP contribution in [0.25, 0.3) is 0 Å². The summed E-state index contributed by atoms with van der Waals surface area (Å²) in [5.41, 5.74) is 0. The number of hydrogen-bond donors (Lipinski definition) is 0. The topological polar surface area (TPSA) is 44.2 Å². The molecule has 0 bridgehead atoms. The lowest BCUT2D eigenvalue weighted by Gasteiger charge is -2.05. The summed E-state index contributed by atoms with van der Waals surface area (Å²) in [6.45, 7) is 1.57. The Balaban J connectivity index is 2.09. The summed E-state index contributed by atoms with van der Waals surface area (Å²) < 4.78 is 10.6. The van der Waals surface area contributed by atoms with Crippen LogP contribution in [0.4, 0.5) is 0 Å². The molecule has 1 aromatic heterocycles. The highest BCUT2D eigenvalue weighted by molar-refractivity contribution is 7.98. The van der Waals surface area contributed by atoms with E-state index in [9.17, 15) is 0 Å². The van der Waals surface area contributed by atoms with Crippen molar-refractivity contribution in [1.29, 1.82) is 0 Å². The second-order valence-corrected chi connectivity index (χ2v) is 4.41. The van der Waals surface area contributed by atoms with Crippen LogP contribution in [0, 0.1) is 0 Å². The van der Waals surface area contributed by atoms with E-state index in [-0.39, 0.29) is 0 Å². The molecule has 0 atom stereocenters. The van der Waals surface area contributed by atoms with Gasteiger partial charge in [-0.25, -0.2) is 4.98 Å². The van der Waals surface area contributed by atoms with Crippen molar-refractivity contribution in [2.24, 2.45) is 0 Å². The minimum absolute atomic E-state index is 0.668. The van der Waals surface area contributed by atoms with E-state index in [1.165, 1.54) is 24.6 Å². The third-order valence-electron chi connectivity index (χ3n) is 2.28. The summed E-state index contributed by atoms with van der Waals surface area (Å²) in [5, 5.41) is 0.752. The third kappa shape index (κ3) is 6.48. The first kappa shape index (κ1) is 14.3. The maximum absolute atomic E-state index is 5.56. The van der Waals surface area contributed by atoms with Gasteiger partial charge in [-0.15, -0.1) is 0 Å². The van der Waals surface area contributed by atoms with Gasteiger partial charge in [0.25, 0.3) is 0 Å². The van der Waals surface area contributed by atoms with Gasteiger partial charge >= 0.3 is 0 Å². The minimum Gasteiger partial charge on any atom is -0.478 e. The Bertz CT molecular complexity index is 310. The van der Waals surface area contributed by atoms with Crippen LogP contribution in [-0.2, 0) is 4.74 Å². The van der Waals surface area contributed by atoms with Gasteiger partial charge in [0.1, 0.15) is 0 Å². The Morgan fingerprint density at radius 2 is 1.94 bits per heavy atom. The van der Waals surface area contributed by atoms with Crippen LogP contribution < -0.4 is 4.74 Å². The number of nitrogens with zero attached hydrogens (tertiary/aromatic N) is 2. The average molecular weight is 256 g/mol. The number of rotatable bonds is 9. The lowest BCUT2D eigenvalue weighted by molar-refractivity contribution is 0.190. The molecular weight excluding hydrogens is 236 g/mol. The van der Waals surface area contributed by atoms with Crippen molar-refractivity contribution in [1.82, 2.24) is 9.97 Å². The number of thioether (sulfide) groups is 1. The van der Waals surface area contributed by atoms with Crippen molar-refractivity contribution < 1.29 is 9.47 Å². The van der Waals surface area contributed by atoms with Gasteiger partial charge in [-0.2, -0.15) is 4.98 Å². The SMILES string of the molecule is COCCCCCCOc1ccnc(SC)n1.